The number of fused-ring (bicyclic) bond motifs is 1. The van der Waals surface area contributed by atoms with Gasteiger partial charge in [-0.1, -0.05) is 42.5 Å². The third-order valence-electron chi connectivity index (χ3n) is 4.08. The van der Waals surface area contributed by atoms with Gasteiger partial charge in [0.2, 0.25) is 0 Å². The molecule has 112 valence electrons. The number of benzene rings is 2. The third-order valence-corrected chi connectivity index (χ3v) is 4.08. The lowest BCUT2D eigenvalue weighted by Gasteiger charge is -2.30. The van der Waals surface area contributed by atoms with Crippen molar-refractivity contribution in [3.05, 3.63) is 60.2 Å². The van der Waals surface area contributed by atoms with Crippen LogP contribution in [0.15, 0.2) is 59.0 Å². The number of anilines is 1. The van der Waals surface area contributed by atoms with Gasteiger partial charge in [-0.3, -0.25) is 0 Å². The normalized spacial score (nSPS) is 21.8. The molecule has 1 fully saturated rings. The van der Waals surface area contributed by atoms with Crippen molar-refractivity contribution in [2.45, 2.75) is 25.0 Å². The topological polar surface area (TPSA) is 47.3 Å². The summed E-state index contributed by atoms with van der Waals surface area (Å²) in [6, 6.07) is 19.1. The first kappa shape index (κ1) is 13.3. The molecule has 1 saturated heterocycles. The molecule has 0 aliphatic carbocycles. The molecule has 2 unspecified atom stereocenters. The molecule has 1 aliphatic heterocycles. The second-order valence-electron chi connectivity index (χ2n) is 5.62. The standard InChI is InChI=1S/C18H18N2O2/c1-2-6-13(7-3-1)17-12-14(10-11-21-17)19-18-20-15-8-4-5-9-16(15)22-18/h1-9,14,17H,10-12H2,(H,19,20). The molecule has 0 bridgehead atoms. The van der Waals surface area contributed by atoms with Gasteiger partial charge in [-0.25, -0.2) is 0 Å². The van der Waals surface area contributed by atoms with Crippen molar-refractivity contribution in [2.75, 3.05) is 11.9 Å². The van der Waals surface area contributed by atoms with Crippen LogP contribution in [0.4, 0.5) is 6.01 Å². The van der Waals surface area contributed by atoms with Crippen molar-refractivity contribution in [3.8, 4) is 0 Å². The predicted octanol–water partition coefficient (Wildman–Crippen LogP) is 4.16. The van der Waals surface area contributed by atoms with Crippen molar-refractivity contribution >= 4 is 17.1 Å². The Kier molecular flexibility index (Phi) is 3.52. The van der Waals surface area contributed by atoms with E-state index in [0.29, 0.717) is 12.1 Å². The van der Waals surface area contributed by atoms with Crippen LogP contribution in [0.25, 0.3) is 11.1 Å². The number of nitrogens with one attached hydrogen (secondary N) is 1. The summed E-state index contributed by atoms with van der Waals surface area (Å²) in [4.78, 5) is 4.49. The summed E-state index contributed by atoms with van der Waals surface area (Å²) >= 11 is 0. The maximum absolute atomic E-state index is 5.90. The van der Waals surface area contributed by atoms with Gasteiger partial charge in [0.1, 0.15) is 5.52 Å². The molecule has 3 aromatic rings. The van der Waals surface area contributed by atoms with E-state index in [1.807, 2.05) is 30.3 Å². The molecule has 4 nitrogen and oxygen atoms in total. The summed E-state index contributed by atoms with van der Waals surface area (Å²) in [7, 11) is 0. The smallest absolute Gasteiger partial charge is 0.295 e. The average molecular weight is 294 g/mol. The summed E-state index contributed by atoms with van der Waals surface area (Å²) in [5.74, 6) is 0. The molecule has 0 amide bonds. The zero-order valence-electron chi connectivity index (χ0n) is 12.2. The SMILES string of the molecule is c1ccc(C2CC(Nc3nc4ccccc4o3)CCO2)cc1. The molecule has 4 heteroatoms. The van der Waals surface area contributed by atoms with Crippen LogP contribution < -0.4 is 5.32 Å². The van der Waals surface area contributed by atoms with E-state index in [4.69, 9.17) is 9.15 Å². The van der Waals surface area contributed by atoms with Crippen LogP contribution >= 0.6 is 0 Å². The first-order valence-electron chi connectivity index (χ1n) is 7.67. The number of ether oxygens (including phenoxy) is 1. The van der Waals surface area contributed by atoms with Crippen molar-refractivity contribution in [1.29, 1.82) is 0 Å². The van der Waals surface area contributed by atoms with Crippen molar-refractivity contribution in [1.82, 2.24) is 4.98 Å². The largest absolute Gasteiger partial charge is 0.424 e. The minimum Gasteiger partial charge on any atom is -0.424 e. The maximum atomic E-state index is 5.90. The van der Waals surface area contributed by atoms with Gasteiger partial charge in [0.05, 0.1) is 6.10 Å². The van der Waals surface area contributed by atoms with Crippen molar-refractivity contribution < 1.29 is 9.15 Å². The highest BCUT2D eigenvalue weighted by atomic mass is 16.5. The van der Waals surface area contributed by atoms with E-state index < -0.39 is 0 Å². The van der Waals surface area contributed by atoms with E-state index >= 15 is 0 Å². The Morgan fingerprint density at radius 2 is 1.82 bits per heavy atom. The number of oxazole rings is 1. The first-order chi connectivity index (χ1) is 10.9. The van der Waals surface area contributed by atoms with Gasteiger partial charge < -0.3 is 14.5 Å². The number of aromatic nitrogens is 1. The van der Waals surface area contributed by atoms with Gasteiger partial charge in [0.25, 0.3) is 6.01 Å². The molecule has 2 heterocycles. The Balaban J connectivity index is 1.48. The first-order valence-corrected chi connectivity index (χ1v) is 7.67. The molecule has 1 aromatic heterocycles. The molecular formula is C18H18N2O2. The molecule has 0 radical (unpaired) electrons. The number of rotatable bonds is 3. The quantitative estimate of drug-likeness (QED) is 0.788. The summed E-state index contributed by atoms with van der Waals surface area (Å²) in [6.45, 7) is 0.747. The zero-order valence-corrected chi connectivity index (χ0v) is 12.2. The fourth-order valence-electron chi connectivity index (χ4n) is 2.94. The zero-order chi connectivity index (χ0) is 14.8. The van der Waals surface area contributed by atoms with E-state index in [0.717, 1.165) is 30.5 Å². The molecule has 4 rings (SSSR count). The van der Waals surface area contributed by atoms with Crippen LogP contribution in [-0.4, -0.2) is 17.6 Å². The lowest BCUT2D eigenvalue weighted by atomic mass is 9.98. The molecular weight excluding hydrogens is 276 g/mol. The monoisotopic (exact) mass is 294 g/mol. The molecule has 0 saturated carbocycles. The summed E-state index contributed by atoms with van der Waals surface area (Å²) in [5, 5.41) is 3.41. The van der Waals surface area contributed by atoms with E-state index in [9.17, 15) is 0 Å². The highest BCUT2D eigenvalue weighted by molar-refractivity contribution is 5.74. The fraction of sp³-hybridized carbons (Fsp3) is 0.278. The Labute approximate surface area is 129 Å². The molecule has 22 heavy (non-hydrogen) atoms. The van der Waals surface area contributed by atoms with E-state index in [-0.39, 0.29) is 6.10 Å². The van der Waals surface area contributed by atoms with E-state index in [1.165, 1.54) is 5.56 Å². The lowest BCUT2D eigenvalue weighted by Crippen LogP contribution is -2.30. The predicted molar refractivity (Wildman–Crippen MR) is 85.8 cm³/mol. The highest BCUT2D eigenvalue weighted by Crippen LogP contribution is 2.30. The number of nitrogens with zero attached hydrogens (tertiary/aromatic N) is 1. The molecule has 1 aliphatic rings. The maximum Gasteiger partial charge on any atom is 0.295 e. The van der Waals surface area contributed by atoms with Crippen LogP contribution in [0.1, 0.15) is 24.5 Å². The minimum absolute atomic E-state index is 0.136. The Morgan fingerprint density at radius 3 is 2.68 bits per heavy atom. The molecule has 1 N–H and O–H groups in total. The van der Waals surface area contributed by atoms with E-state index in [2.05, 4.69) is 34.6 Å². The van der Waals surface area contributed by atoms with Crippen LogP contribution in [0.2, 0.25) is 0 Å². The molecule has 2 atom stereocenters. The third kappa shape index (κ3) is 2.70. The number of hydrogen-bond acceptors (Lipinski definition) is 4. The summed E-state index contributed by atoms with van der Waals surface area (Å²) < 4.78 is 11.6. The van der Waals surface area contributed by atoms with Gasteiger partial charge >= 0.3 is 0 Å². The number of hydrogen-bond donors (Lipinski definition) is 1. The Hall–Kier alpha value is -2.33. The van der Waals surface area contributed by atoms with Crippen LogP contribution in [-0.2, 0) is 4.74 Å². The summed E-state index contributed by atoms with van der Waals surface area (Å²) in [5.41, 5.74) is 2.93. The second-order valence-corrected chi connectivity index (χ2v) is 5.62. The van der Waals surface area contributed by atoms with Crippen molar-refractivity contribution in [3.63, 3.8) is 0 Å². The van der Waals surface area contributed by atoms with Gasteiger partial charge in [-0.15, -0.1) is 0 Å². The molecule has 0 spiro atoms. The second kappa shape index (κ2) is 5.81. The highest BCUT2D eigenvalue weighted by Gasteiger charge is 2.24. The lowest BCUT2D eigenvalue weighted by molar-refractivity contribution is 0.00950. The van der Waals surface area contributed by atoms with Crippen LogP contribution in [0, 0.1) is 0 Å². The van der Waals surface area contributed by atoms with Gasteiger partial charge in [-0.2, -0.15) is 4.98 Å². The van der Waals surface area contributed by atoms with E-state index in [1.54, 1.807) is 0 Å². The fourth-order valence-corrected chi connectivity index (χ4v) is 2.94. The minimum atomic E-state index is 0.136. The van der Waals surface area contributed by atoms with Gasteiger partial charge in [0.15, 0.2) is 5.58 Å². The van der Waals surface area contributed by atoms with Gasteiger partial charge in [-0.05, 0) is 30.5 Å². The van der Waals surface area contributed by atoms with Gasteiger partial charge in [0, 0.05) is 12.6 Å². The van der Waals surface area contributed by atoms with Crippen LogP contribution in [0.3, 0.4) is 0 Å². The molecule has 2 aromatic carbocycles. The Morgan fingerprint density at radius 1 is 1.00 bits per heavy atom. The van der Waals surface area contributed by atoms with Crippen molar-refractivity contribution in [2.24, 2.45) is 0 Å². The Bertz CT molecular complexity index is 721. The average Bonchev–Trinajstić information content (AvgIpc) is 2.98. The van der Waals surface area contributed by atoms with Crippen LogP contribution in [0.5, 0.6) is 0 Å². The number of para-hydroxylation sites is 2. The summed E-state index contributed by atoms with van der Waals surface area (Å²) in [6.07, 6.45) is 2.02.